The highest BCUT2D eigenvalue weighted by Crippen LogP contribution is 2.27. The Hall–Kier alpha value is -2.96. The van der Waals surface area contributed by atoms with Gasteiger partial charge in [0.2, 0.25) is 0 Å². The zero-order chi connectivity index (χ0) is 17.7. The van der Waals surface area contributed by atoms with Crippen LogP contribution in [-0.2, 0) is 11.3 Å². The van der Waals surface area contributed by atoms with E-state index in [1.54, 1.807) is 32.0 Å². The molecule has 0 aliphatic heterocycles. The number of hydrogen-bond donors (Lipinski definition) is 1. The molecular weight excluding hydrogens is 315 g/mol. The van der Waals surface area contributed by atoms with E-state index in [2.05, 4.69) is 5.32 Å². The number of rotatable bonds is 6. The molecule has 1 N–H and O–H groups in total. The first-order valence-corrected chi connectivity index (χ1v) is 7.26. The molecule has 0 atom stereocenters. The summed E-state index contributed by atoms with van der Waals surface area (Å²) in [4.78, 5) is 22.2. The number of nitrogens with zero attached hydrogens (tertiary/aromatic N) is 1. The fraction of sp³-hybridized carbons (Fsp3) is 0.235. The van der Waals surface area contributed by atoms with Gasteiger partial charge in [-0.25, -0.2) is 4.39 Å². The number of amides is 1. The van der Waals surface area contributed by atoms with Gasteiger partial charge in [-0.05, 0) is 42.7 Å². The van der Waals surface area contributed by atoms with E-state index in [1.807, 2.05) is 0 Å². The summed E-state index contributed by atoms with van der Waals surface area (Å²) in [6.45, 7) is 3.29. The molecule has 0 radical (unpaired) electrons. The van der Waals surface area contributed by atoms with Crippen LogP contribution in [0.5, 0.6) is 5.75 Å². The van der Waals surface area contributed by atoms with E-state index in [1.165, 1.54) is 18.2 Å². The topological polar surface area (TPSA) is 81.5 Å². The van der Waals surface area contributed by atoms with Gasteiger partial charge in [0.25, 0.3) is 5.91 Å². The van der Waals surface area contributed by atoms with E-state index in [4.69, 9.17) is 4.74 Å². The second kappa shape index (κ2) is 7.54. The number of nitro groups is 1. The third-order valence-electron chi connectivity index (χ3n) is 3.38. The van der Waals surface area contributed by atoms with Crippen LogP contribution in [0.2, 0.25) is 0 Å². The van der Waals surface area contributed by atoms with Crippen molar-refractivity contribution in [1.29, 1.82) is 0 Å². The molecule has 0 heterocycles. The van der Waals surface area contributed by atoms with Crippen LogP contribution >= 0.6 is 0 Å². The highest BCUT2D eigenvalue weighted by atomic mass is 19.1. The van der Waals surface area contributed by atoms with Crippen LogP contribution in [0, 0.1) is 29.8 Å². The van der Waals surface area contributed by atoms with Crippen LogP contribution in [-0.4, -0.2) is 17.4 Å². The second-order valence-corrected chi connectivity index (χ2v) is 5.38. The van der Waals surface area contributed by atoms with Gasteiger partial charge in [0.1, 0.15) is 5.82 Å². The maximum Gasteiger partial charge on any atom is 0.310 e. The molecule has 0 fully saturated rings. The molecule has 0 aromatic heterocycles. The Labute approximate surface area is 138 Å². The lowest BCUT2D eigenvalue weighted by molar-refractivity contribution is -0.385. The maximum absolute atomic E-state index is 13.2. The minimum Gasteiger partial charge on any atom is -0.477 e. The maximum atomic E-state index is 13.2. The minimum absolute atomic E-state index is 0.0489. The second-order valence-electron chi connectivity index (χ2n) is 5.38. The van der Waals surface area contributed by atoms with Gasteiger partial charge in [0.15, 0.2) is 12.4 Å². The highest BCUT2D eigenvalue weighted by Gasteiger charge is 2.16. The van der Waals surface area contributed by atoms with Crippen molar-refractivity contribution in [3.63, 3.8) is 0 Å². The number of hydrogen-bond acceptors (Lipinski definition) is 4. The predicted molar refractivity (Wildman–Crippen MR) is 86.3 cm³/mol. The minimum atomic E-state index is -0.562. The number of nitro benzene ring substituents is 1. The number of carbonyl (C=O) groups excluding carboxylic acids is 1. The van der Waals surface area contributed by atoms with E-state index in [9.17, 15) is 19.3 Å². The number of benzene rings is 2. The molecule has 2 aromatic rings. The van der Waals surface area contributed by atoms with Gasteiger partial charge in [-0.3, -0.25) is 14.9 Å². The fourth-order valence-corrected chi connectivity index (χ4v) is 2.10. The van der Waals surface area contributed by atoms with Crippen molar-refractivity contribution in [2.75, 3.05) is 6.61 Å². The lowest BCUT2D eigenvalue weighted by Crippen LogP contribution is -2.28. The van der Waals surface area contributed by atoms with Crippen molar-refractivity contribution in [2.24, 2.45) is 0 Å². The van der Waals surface area contributed by atoms with E-state index < -0.39 is 10.8 Å². The molecule has 0 aliphatic rings. The Morgan fingerprint density at radius 1 is 1.25 bits per heavy atom. The van der Waals surface area contributed by atoms with Crippen LogP contribution in [0.1, 0.15) is 16.7 Å². The first kappa shape index (κ1) is 17.4. The van der Waals surface area contributed by atoms with Gasteiger partial charge in [0.05, 0.1) is 4.92 Å². The Bertz CT molecular complexity index is 777. The summed E-state index contributed by atoms with van der Waals surface area (Å²) in [5.41, 5.74) is 1.84. The number of carbonyl (C=O) groups is 1. The quantitative estimate of drug-likeness (QED) is 0.651. The molecule has 2 rings (SSSR count). The Balaban J connectivity index is 1.92. The molecular formula is C17H17FN2O4. The van der Waals surface area contributed by atoms with Gasteiger partial charge < -0.3 is 10.1 Å². The van der Waals surface area contributed by atoms with E-state index in [-0.39, 0.29) is 30.4 Å². The van der Waals surface area contributed by atoms with Crippen molar-refractivity contribution >= 4 is 11.6 Å². The molecule has 126 valence electrons. The molecule has 6 nitrogen and oxygen atoms in total. The van der Waals surface area contributed by atoms with Gasteiger partial charge in [-0.15, -0.1) is 0 Å². The average molecular weight is 332 g/mol. The van der Waals surface area contributed by atoms with Crippen LogP contribution in [0.15, 0.2) is 36.4 Å². The summed E-state index contributed by atoms with van der Waals surface area (Å²) in [6, 6.07) is 9.00. The molecule has 1 amide bonds. The molecule has 0 saturated carbocycles. The fourth-order valence-electron chi connectivity index (χ4n) is 2.10. The lowest BCUT2D eigenvalue weighted by atomic mass is 10.1. The molecule has 0 bridgehead atoms. The van der Waals surface area contributed by atoms with Crippen molar-refractivity contribution in [1.82, 2.24) is 5.32 Å². The van der Waals surface area contributed by atoms with Gasteiger partial charge >= 0.3 is 5.69 Å². The normalized spacial score (nSPS) is 10.3. The molecule has 0 saturated heterocycles. The van der Waals surface area contributed by atoms with E-state index >= 15 is 0 Å². The summed E-state index contributed by atoms with van der Waals surface area (Å²) < 4.78 is 18.4. The van der Waals surface area contributed by atoms with Crippen LogP contribution in [0.25, 0.3) is 0 Å². The average Bonchev–Trinajstić information content (AvgIpc) is 2.53. The van der Waals surface area contributed by atoms with E-state index in [0.717, 1.165) is 11.1 Å². The number of aryl methyl sites for hydroxylation is 2. The highest BCUT2D eigenvalue weighted by molar-refractivity contribution is 5.77. The first-order chi connectivity index (χ1) is 11.4. The molecule has 0 aliphatic carbocycles. The standard InChI is InChI=1S/C17H17FN2O4/c1-11-3-6-15(20(22)23)16(7-11)24-10-17(21)19-9-13-4-5-14(18)12(2)8-13/h3-8H,9-10H2,1-2H3,(H,19,21). The Kier molecular flexibility index (Phi) is 5.47. The van der Waals surface area contributed by atoms with Crippen molar-refractivity contribution in [3.05, 3.63) is 69.0 Å². The summed E-state index contributed by atoms with van der Waals surface area (Å²) in [7, 11) is 0. The van der Waals surface area contributed by atoms with Gasteiger partial charge in [-0.2, -0.15) is 0 Å². The summed E-state index contributed by atoms with van der Waals surface area (Å²) in [5, 5.41) is 13.6. The molecule has 0 unspecified atom stereocenters. The molecule has 7 heteroatoms. The third kappa shape index (κ3) is 4.52. The van der Waals surface area contributed by atoms with Crippen LogP contribution < -0.4 is 10.1 Å². The lowest BCUT2D eigenvalue weighted by Gasteiger charge is -2.09. The Morgan fingerprint density at radius 2 is 2.00 bits per heavy atom. The van der Waals surface area contributed by atoms with E-state index in [0.29, 0.717) is 5.56 Å². The summed E-state index contributed by atoms with van der Waals surface area (Å²) in [5.74, 6) is -0.680. The van der Waals surface area contributed by atoms with Crippen molar-refractivity contribution in [2.45, 2.75) is 20.4 Å². The molecule has 24 heavy (non-hydrogen) atoms. The zero-order valence-corrected chi connectivity index (χ0v) is 13.3. The van der Waals surface area contributed by atoms with Crippen LogP contribution in [0.3, 0.4) is 0 Å². The first-order valence-electron chi connectivity index (χ1n) is 7.26. The van der Waals surface area contributed by atoms with Crippen molar-refractivity contribution in [3.8, 4) is 5.75 Å². The SMILES string of the molecule is Cc1ccc([N+](=O)[O-])c(OCC(=O)NCc2ccc(F)c(C)c2)c1. The smallest absolute Gasteiger partial charge is 0.310 e. The molecule has 2 aromatic carbocycles. The zero-order valence-electron chi connectivity index (χ0n) is 13.3. The summed E-state index contributed by atoms with van der Waals surface area (Å²) in [6.07, 6.45) is 0. The monoisotopic (exact) mass is 332 g/mol. The van der Waals surface area contributed by atoms with Crippen LogP contribution in [0.4, 0.5) is 10.1 Å². The molecule has 0 spiro atoms. The predicted octanol–water partition coefficient (Wildman–Crippen LogP) is 3.05. The number of nitrogens with one attached hydrogen (secondary N) is 1. The summed E-state index contributed by atoms with van der Waals surface area (Å²) >= 11 is 0. The van der Waals surface area contributed by atoms with Gasteiger partial charge in [-0.1, -0.05) is 18.2 Å². The largest absolute Gasteiger partial charge is 0.477 e. The third-order valence-corrected chi connectivity index (χ3v) is 3.38. The Morgan fingerprint density at radius 3 is 2.67 bits per heavy atom. The number of ether oxygens (including phenoxy) is 1. The van der Waals surface area contributed by atoms with Crippen molar-refractivity contribution < 1.29 is 18.8 Å². The number of halogens is 1. The van der Waals surface area contributed by atoms with Gasteiger partial charge in [0, 0.05) is 12.6 Å².